The van der Waals surface area contributed by atoms with Crippen molar-refractivity contribution in [2.45, 2.75) is 26.0 Å². The van der Waals surface area contributed by atoms with Gasteiger partial charge in [0.1, 0.15) is 0 Å². The minimum Gasteiger partial charge on any atom is -0.419 e. The van der Waals surface area contributed by atoms with Gasteiger partial charge in [-0.3, -0.25) is 4.90 Å². The van der Waals surface area contributed by atoms with Crippen LogP contribution in [0.2, 0.25) is 10.0 Å². The maximum atomic E-state index is 9.64. The van der Waals surface area contributed by atoms with Crippen LogP contribution in [0.15, 0.2) is 22.6 Å². The Morgan fingerprint density at radius 3 is 2.91 bits per heavy atom. The summed E-state index contributed by atoms with van der Waals surface area (Å²) in [5.74, 6) is 1.25. The number of nitrogens with zero attached hydrogens (tertiary/aromatic N) is 3. The monoisotopic (exact) mass is 341 g/mol. The summed E-state index contributed by atoms with van der Waals surface area (Å²) in [5.41, 5.74) is 0.674. The molecule has 2 atom stereocenters. The first kappa shape index (κ1) is 15.7. The highest BCUT2D eigenvalue weighted by molar-refractivity contribution is 6.36. The number of aliphatic hydroxyl groups excluding tert-OH is 1. The highest BCUT2D eigenvalue weighted by atomic mass is 35.5. The predicted octanol–water partition coefficient (Wildman–Crippen LogP) is 3.25. The van der Waals surface area contributed by atoms with Gasteiger partial charge in [-0.05, 0) is 44.0 Å². The molecular weight excluding hydrogens is 325 g/mol. The Bertz CT molecular complexity index is 660. The zero-order valence-corrected chi connectivity index (χ0v) is 13.7. The molecule has 2 unspecified atom stereocenters. The van der Waals surface area contributed by atoms with E-state index in [1.807, 2.05) is 6.92 Å². The Morgan fingerprint density at radius 2 is 2.23 bits per heavy atom. The van der Waals surface area contributed by atoms with E-state index in [1.54, 1.807) is 18.2 Å². The van der Waals surface area contributed by atoms with Crippen LogP contribution < -0.4 is 0 Å². The Balaban J connectivity index is 1.69. The third kappa shape index (κ3) is 3.43. The largest absolute Gasteiger partial charge is 0.419 e. The number of aliphatic hydroxyl groups is 1. The number of benzene rings is 1. The van der Waals surface area contributed by atoms with Crippen molar-refractivity contribution >= 4 is 23.2 Å². The number of likely N-dealkylation sites (tertiary alicyclic amines) is 1. The van der Waals surface area contributed by atoms with Crippen molar-refractivity contribution in [2.24, 2.45) is 5.92 Å². The lowest BCUT2D eigenvalue weighted by molar-refractivity contribution is 0.126. The normalized spacial score (nSPS) is 20.5. The van der Waals surface area contributed by atoms with E-state index in [2.05, 4.69) is 15.1 Å². The van der Waals surface area contributed by atoms with Gasteiger partial charge in [0.05, 0.1) is 23.2 Å². The molecule has 2 heterocycles. The second kappa shape index (κ2) is 6.54. The van der Waals surface area contributed by atoms with Gasteiger partial charge >= 0.3 is 0 Å². The van der Waals surface area contributed by atoms with Crippen molar-refractivity contribution in [1.82, 2.24) is 15.1 Å². The Hall–Kier alpha value is -1.14. The number of hydrogen-bond acceptors (Lipinski definition) is 5. The van der Waals surface area contributed by atoms with Crippen LogP contribution in [-0.4, -0.2) is 39.4 Å². The molecule has 1 aromatic heterocycles. The molecule has 2 aromatic rings. The van der Waals surface area contributed by atoms with Gasteiger partial charge in [-0.1, -0.05) is 23.2 Å². The van der Waals surface area contributed by atoms with E-state index in [4.69, 9.17) is 27.6 Å². The molecule has 5 nitrogen and oxygen atoms in total. The Morgan fingerprint density at radius 1 is 1.41 bits per heavy atom. The van der Waals surface area contributed by atoms with E-state index in [1.165, 1.54) is 0 Å². The lowest BCUT2D eigenvalue weighted by Gasteiger charge is -2.15. The Labute approximate surface area is 138 Å². The van der Waals surface area contributed by atoms with Crippen LogP contribution in [0.1, 0.15) is 19.2 Å². The van der Waals surface area contributed by atoms with Crippen molar-refractivity contribution in [3.63, 3.8) is 0 Å². The molecule has 118 valence electrons. The van der Waals surface area contributed by atoms with Gasteiger partial charge in [-0.2, -0.15) is 0 Å². The van der Waals surface area contributed by atoms with Crippen LogP contribution in [0.5, 0.6) is 0 Å². The maximum absolute atomic E-state index is 9.64. The van der Waals surface area contributed by atoms with Crippen LogP contribution >= 0.6 is 23.2 Å². The van der Waals surface area contributed by atoms with Crippen molar-refractivity contribution in [1.29, 1.82) is 0 Å². The number of rotatable bonds is 4. The van der Waals surface area contributed by atoms with E-state index >= 15 is 0 Å². The molecule has 7 heteroatoms. The topological polar surface area (TPSA) is 62.4 Å². The molecule has 3 rings (SSSR count). The summed E-state index contributed by atoms with van der Waals surface area (Å²) in [6.07, 6.45) is 0.706. The molecule has 0 saturated carbocycles. The number of aromatic nitrogens is 2. The smallest absolute Gasteiger partial charge is 0.249 e. The molecule has 22 heavy (non-hydrogen) atoms. The van der Waals surface area contributed by atoms with E-state index in [9.17, 15) is 5.11 Å². The first-order valence-corrected chi connectivity index (χ1v) is 7.97. The highest BCUT2D eigenvalue weighted by Gasteiger charge is 2.27. The van der Waals surface area contributed by atoms with E-state index in [0.717, 1.165) is 19.5 Å². The van der Waals surface area contributed by atoms with Crippen LogP contribution in [0, 0.1) is 5.92 Å². The fraction of sp³-hybridized carbons (Fsp3) is 0.467. The number of hydrogen-bond donors (Lipinski definition) is 1. The predicted molar refractivity (Wildman–Crippen MR) is 84.8 cm³/mol. The first-order chi connectivity index (χ1) is 10.5. The molecule has 0 aliphatic carbocycles. The fourth-order valence-electron chi connectivity index (χ4n) is 2.68. The molecular formula is C15H17Cl2N3O2. The van der Waals surface area contributed by atoms with E-state index < -0.39 is 0 Å². The average Bonchev–Trinajstić information content (AvgIpc) is 3.09. The minimum atomic E-state index is -0.281. The van der Waals surface area contributed by atoms with Gasteiger partial charge in [-0.25, -0.2) is 0 Å². The third-order valence-electron chi connectivity index (χ3n) is 3.98. The quantitative estimate of drug-likeness (QED) is 0.924. The standard InChI is InChI=1S/C15H17Cl2N3O2/c1-9(21)10-4-5-20(7-10)8-14-18-19-15(22-14)12-3-2-11(16)6-13(12)17/h2-3,6,9-10,21H,4-5,7-8H2,1H3. The van der Waals surface area contributed by atoms with E-state index in [-0.39, 0.29) is 6.10 Å². The lowest BCUT2D eigenvalue weighted by Crippen LogP contribution is -2.24. The summed E-state index contributed by atoms with van der Waals surface area (Å²) in [5, 5.41) is 18.8. The first-order valence-electron chi connectivity index (χ1n) is 7.21. The van der Waals surface area contributed by atoms with Crippen LogP contribution in [0.4, 0.5) is 0 Å². The SMILES string of the molecule is CC(O)C1CCN(Cc2nnc(-c3ccc(Cl)cc3Cl)o2)C1. The van der Waals surface area contributed by atoms with Gasteiger partial charge in [0, 0.05) is 11.6 Å². The van der Waals surface area contributed by atoms with E-state index in [0.29, 0.717) is 39.9 Å². The molecule has 1 saturated heterocycles. The summed E-state index contributed by atoms with van der Waals surface area (Å²) in [6, 6.07) is 5.15. The van der Waals surface area contributed by atoms with Gasteiger partial charge in [0.2, 0.25) is 11.8 Å². The van der Waals surface area contributed by atoms with Crippen LogP contribution in [0.25, 0.3) is 11.5 Å². The van der Waals surface area contributed by atoms with Gasteiger partial charge < -0.3 is 9.52 Å². The molecule has 1 fully saturated rings. The Kier molecular flexibility index (Phi) is 4.68. The van der Waals surface area contributed by atoms with Crippen LogP contribution in [0.3, 0.4) is 0 Å². The summed E-state index contributed by atoms with van der Waals surface area (Å²) in [4.78, 5) is 2.21. The molecule has 0 spiro atoms. The third-order valence-corrected chi connectivity index (χ3v) is 4.53. The summed E-state index contributed by atoms with van der Waals surface area (Å²) in [7, 11) is 0. The maximum Gasteiger partial charge on any atom is 0.249 e. The summed E-state index contributed by atoms with van der Waals surface area (Å²) >= 11 is 12.0. The van der Waals surface area contributed by atoms with Gasteiger partial charge in [-0.15, -0.1) is 10.2 Å². The van der Waals surface area contributed by atoms with Crippen molar-refractivity contribution in [3.8, 4) is 11.5 Å². The minimum absolute atomic E-state index is 0.281. The average molecular weight is 342 g/mol. The lowest BCUT2D eigenvalue weighted by atomic mass is 10.0. The van der Waals surface area contributed by atoms with Gasteiger partial charge in [0.15, 0.2) is 0 Å². The highest BCUT2D eigenvalue weighted by Crippen LogP contribution is 2.30. The van der Waals surface area contributed by atoms with Crippen molar-refractivity contribution in [3.05, 3.63) is 34.1 Å². The summed E-state index contributed by atoms with van der Waals surface area (Å²) in [6.45, 7) is 4.19. The van der Waals surface area contributed by atoms with Gasteiger partial charge in [0.25, 0.3) is 0 Å². The molecule has 1 aliphatic heterocycles. The summed E-state index contributed by atoms with van der Waals surface area (Å²) < 4.78 is 5.69. The molecule has 0 amide bonds. The molecule has 1 aliphatic rings. The second-order valence-corrected chi connectivity index (χ2v) is 6.49. The molecule has 1 N–H and O–H groups in total. The molecule has 0 radical (unpaired) electrons. The molecule has 1 aromatic carbocycles. The van der Waals surface area contributed by atoms with Crippen LogP contribution in [-0.2, 0) is 6.54 Å². The number of halogens is 2. The second-order valence-electron chi connectivity index (χ2n) is 5.65. The molecule has 0 bridgehead atoms. The zero-order valence-electron chi connectivity index (χ0n) is 12.2. The van der Waals surface area contributed by atoms with Crippen molar-refractivity contribution in [2.75, 3.05) is 13.1 Å². The zero-order chi connectivity index (χ0) is 15.7. The van der Waals surface area contributed by atoms with Crippen molar-refractivity contribution < 1.29 is 9.52 Å². The fourth-order valence-corrected chi connectivity index (χ4v) is 3.17.